The molecular weight excluding hydrogens is 270 g/mol. The molecule has 4 nitrogen and oxygen atoms in total. The van der Waals surface area contributed by atoms with Gasteiger partial charge in [-0.1, -0.05) is 17.7 Å². The highest BCUT2D eigenvalue weighted by Crippen LogP contribution is 2.13. The van der Waals surface area contributed by atoms with Crippen LogP contribution in [0.3, 0.4) is 0 Å². The van der Waals surface area contributed by atoms with Gasteiger partial charge in [-0.2, -0.15) is 5.10 Å². The Morgan fingerprint density at radius 3 is 2.50 bits per heavy atom. The highest BCUT2D eigenvalue weighted by molar-refractivity contribution is 7.80. The Balaban J connectivity index is 2.59. The molecule has 0 fully saturated rings. The molecule has 0 saturated heterocycles. The Morgan fingerprint density at radius 1 is 1.35 bits per heavy atom. The molecule has 0 amide bonds. The van der Waals surface area contributed by atoms with Crippen molar-refractivity contribution in [2.45, 2.75) is 33.7 Å². The number of hydrogen-bond donors (Lipinski definition) is 2. The molecule has 0 aliphatic heterocycles. The van der Waals surface area contributed by atoms with Crippen LogP contribution in [-0.2, 0) is 4.74 Å². The van der Waals surface area contributed by atoms with E-state index in [1.807, 2.05) is 6.92 Å². The van der Waals surface area contributed by atoms with Gasteiger partial charge in [0.2, 0.25) is 0 Å². The van der Waals surface area contributed by atoms with Crippen molar-refractivity contribution in [2.75, 3.05) is 13.7 Å². The predicted octanol–water partition coefficient (Wildman–Crippen LogP) is 2.44. The molecule has 110 valence electrons. The Labute approximate surface area is 126 Å². The van der Waals surface area contributed by atoms with Gasteiger partial charge in [0.25, 0.3) is 0 Å². The standard InChI is InChI=1S/C15H23N3OS/c1-10-6-11(2)14(12(3)7-10)8-16-18-15(20)17-13(4)9-19-5/h6-8,13H,9H2,1-5H3,(H2,17,18,20)/b16-8-/t13-/m1/s1. The maximum absolute atomic E-state index is 5.15. The third-order valence-corrected chi connectivity index (χ3v) is 3.10. The van der Waals surface area contributed by atoms with E-state index in [2.05, 4.69) is 48.7 Å². The van der Waals surface area contributed by atoms with E-state index >= 15 is 0 Å². The molecule has 0 aliphatic rings. The van der Waals surface area contributed by atoms with E-state index < -0.39 is 0 Å². The van der Waals surface area contributed by atoms with E-state index in [0.717, 1.165) is 5.56 Å². The van der Waals surface area contributed by atoms with Crippen LogP contribution in [-0.4, -0.2) is 31.1 Å². The summed E-state index contributed by atoms with van der Waals surface area (Å²) < 4.78 is 5.03. The van der Waals surface area contributed by atoms with Crippen molar-refractivity contribution in [3.63, 3.8) is 0 Å². The average Bonchev–Trinajstić information content (AvgIpc) is 2.32. The summed E-state index contributed by atoms with van der Waals surface area (Å²) in [6.07, 6.45) is 1.80. The number of nitrogens with zero attached hydrogens (tertiary/aromatic N) is 1. The Kier molecular flexibility index (Phi) is 6.61. The maximum atomic E-state index is 5.15. The first-order valence-corrected chi connectivity index (χ1v) is 7.01. The summed E-state index contributed by atoms with van der Waals surface area (Å²) in [7, 11) is 1.66. The lowest BCUT2D eigenvalue weighted by Crippen LogP contribution is -2.40. The van der Waals surface area contributed by atoms with Gasteiger partial charge in [-0.3, -0.25) is 5.43 Å². The van der Waals surface area contributed by atoms with Gasteiger partial charge in [0.1, 0.15) is 0 Å². The zero-order valence-electron chi connectivity index (χ0n) is 12.8. The second-order valence-electron chi connectivity index (χ2n) is 5.01. The van der Waals surface area contributed by atoms with Crippen LogP contribution in [0, 0.1) is 20.8 Å². The van der Waals surface area contributed by atoms with Gasteiger partial charge in [-0.15, -0.1) is 0 Å². The lowest BCUT2D eigenvalue weighted by molar-refractivity contribution is 0.179. The SMILES string of the molecule is COC[C@@H](C)NC(=S)N/N=C\c1c(C)cc(C)cc1C. The second kappa shape index (κ2) is 7.97. The Morgan fingerprint density at radius 2 is 1.95 bits per heavy atom. The van der Waals surface area contributed by atoms with E-state index in [4.69, 9.17) is 17.0 Å². The van der Waals surface area contributed by atoms with Crippen molar-refractivity contribution in [3.8, 4) is 0 Å². The molecule has 0 aromatic heterocycles. The highest BCUT2D eigenvalue weighted by atomic mass is 32.1. The van der Waals surface area contributed by atoms with Gasteiger partial charge in [-0.05, 0) is 51.0 Å². The third-order valence-electron chi connectivity index (χ3n) is 2.89. The number of rotatable bonds is 5. The molecule has 2 N–H and O–H groups in total. The number of methoxy groups -OCH3 is 1. The molecule has 1 atom stereocenters. The molecule has 0 radical (unpaired) electrons. The zero-order chi connectivity index (χ0) is 15.1. The monoisotopic (exact) mass is 293 g/mol. The lowest BCUT2D eigenvalue weighted by atomic mass is 10.0. The van der Waals surface area contributed by atoms with Crippen molar-refractivity contribution >= 4 is 23.5 Å². The second-order valence-corrected chi connectivity index (χ2v) is 5.42. The summed E-state index contributed by atoms with van der Waals surface area (Å²) in [6, 6.07) is 4.44. The van der Waals surface area contributed by atoms with Crippen molar-refractivity contribution in [1.29, 1.82) is 0 Å². The fourth-order valence-electron chi connectivity index (χ4n) is 2.10. The van der Waals surface area contributed by atoms with Crippen molar-refractivity contribution in [1.82, 2.24) is 10.7 Å². The summed E-state index contributed by atoms with van der Waals surface area (Å²) in [5, 5.41) is 7.77. The van der Waals surface area contributed by atoms with Crippen molar-refractivity contribution in [3.05, 3.63) is 34.4 Å². The van der Waals surface area contributed by atoms with Crippen LogP contribution >= 0.6 is 12.2 Å². The van der Waals surface area contributed by atoms with Gasteiger partial charge in [-0.25, -0.2) is 0 Å². The van der Waals surface area contributed by atoms with Gasteiger partial charge in [0, 0.05) is 18.7 Å². The summed E-state index contributed by atoms with van der Waals surface area (Å²) in [5.74, 6) is 0. The molecular formula is C15H23N3OS. The molecule has 1 rings (SSSR count). The maximum Gasteiger partial charge on any atom is 0.187 e. The summed E-state index contributed by atoms with van der Waals surface area (Å²) in [5.41, 5.74) is 7.62. The lowest BCUT2D eigenvalue weighted by Gasteiger charge is -2.14. The van der Waals surface area contributed by atoms with Crippen LogP contribution in [0.4, 0.5) is 0 Å². The Hall–Kier alpha value is -1.46. The van der Waals surface area contributed by atoms with Gasteiger partial charge < -0.3 is 10.1 Å². The van der Waals surface area contributed by atoms with E-state index in [-0.39, 0.29) is 6.04 Å². The minimum atomic E-state index is 0.151. The molecule has 1 aromatic carbocycles. The molecule has 0 heterocycles. The van der Waals surface area contributed by atoms with Crippen LogP contribution in [0.2, 0.25) is 0 Å². The molecule has 0 spiro atoms. The van der Waals surface area contributed by atoms with Crippen LogP contribution in [0.25, 0.3) is 0 Å². The minimum Gasteiger partial charge on any atom is -0.383 e. The van der Waals surface area contributed by atoms with Gasteiger partial charge >= 0.3 is 0 Å². The van der Waals surface area contributed by atoms with Crippen LogP contribution in [0.15, 0.2) is 17.2 Å². The molecule has 0 unspecified atom stereocenters. The number of benzene rings is 1. The zero-order valence-corrected chi connectivity index (χ0v) is 13.6. The highest BCUT2D eigenvalue weighted by Gasteiger charge is 2.03. The molecule has 0 bridgehead atoms. The summed E-state index contributed by atoms with van der Waals surface area (Å²) in [4.78, 5) is 0. The molecule has 0 saturated carbocycles. The van der Waals surface area contributed by atoms with Gasteiger partial charge in [0.05, 0.1) is 12.8 Å². The molecule has 20 heavy (non-hydrogen) atoms. The minimum absolute atomic E-state index is 0.151. The summed E-state index contributed by atoms with van der Waals surface area (Å²) in [6.45, 7) is 8.85. The van der Waals surface area contributed by atoms with Gasteiger partial charge in [0.15, 0.2) is 5.11 Å². The first-order chi connectivity index (χ1) is 9.43. The topological polar surface area (TPSA) is 45.6 Å². The first-order valence-electron chi connectivity index (χ1n) is 6.60. The van der Waals surface area contributed by atoms with Crippen LogP contribution in [0.5, 0.6) is 0 Å². The number of nitrogens with one attached hydrogen (secondary N) is 2. The number of thiocarbonyl (C=S) groups is 1. The first kappa shape index (κ1) is 16.6. The predicted molar refractivity (Wildman–Crippen MR) is 88.5 cm³/mol. The van der Waals surface area contributed by atoms with E-state index in [1.54, 1.807) is 13.3 Å². The third kappa shape index (κ3) is 5.27. The number of hydrogen-bond acceptors (Lipinski definition) is 3. The fraction of sp³-hybridized carbons (Fsp3) is 0.467. The fourth-order valence-corrected chi connectivity index (χ4v) is 2.35. The van der Waals surface area contributed by atoms with Crippen molar-refractivity contribution in [2.24, 2.45) is 5.10 Å². The number of ether oxygens (including phenoxy) is 1. The average molecular weight is 293 g/mol. The normalized spacial score (nSPS) is 12.4. The quantitative estimate of drug-likeness (QED) is 0.497. The number of aryl methyl sites for hydroxylation is 3. The van der Waals surface area contributed by atoms with E-state index in [1.165, 1.54) is 16.7 Å². The summed E-state index contributed by atoms with van der Waals surface area (Å²) >= 11 is 5.15. The molecule has 1 aromatic rings. The van der Waals surface area contributed by atoms with E-state index in [9.17, 15) is 0 Å². The van der Waals surface area contributed by atoms with Crippen LogP contribution in [0.1, 0.15) is 29.2 Å². The smallest absolute Gasteiger partial charge is 0.187 e. The van der Waals surface area contributed by atoms with E-state index in [0.29, 0.717) is 11.7 Å². The number of hydrazone groups is 1. The van der Waals surface area contributed by atoms with Crippen molar-refractivity contribution < 1.29 is 4.74 Å². The Bertz CT molecular complexity index is 477. The van der Waals surface area contributed by atoms with Crippen LogP contribution < -0.4 is 10.7 Å². The largest absolute Gasteiger partial charge is 0.383 e. The molecule has 5 heteroatoms. The molecule has 0 aliphatic carbocycles.